The molecule has 0 aromatic heterocycles. The van der Waals surface area contributed by atoms with Crippen LogP contribution >= 0.6 is 11.6 Å². The fourth-order valence-electron chi connectivity index (χ4n) is 0.965. The van der Waals surface area contributed by atoms with Crippen LogP contribution in [0, 0.1) is 10.1 Å². The molecule has 1 N–H and O–H groups in total. The number of nitro groups is 1. The molecule has 1 unspecified atom stereocenters. The molecule has 5 nitrogen and oxygen atoms in total. The number of carbonyl (C=O) groups excluding carboxylic acids is 1. The Morgan fingerprint density at radius 1 is 1.47 bits per heavy atom. The highest BCUT2D eigenvalue weighted by molar-refractivity contribution is 6.29. The number of hydrogen-bond acceptors (Lipinski definition) is 3. The molecule has 0 aliphatic heterocycles. The van der Waals surface area contributed by atoms with Crippen LogP contribution in [0.15, 0.2) is 30.3 Å². The third kappa shape index (κ3) is 3.55. The minimum absolute atomic E-state index is 0.233. The van der Waals surface area contributed by atoms with Crippen molar-refractivity contribution in [3.05, 3.63) is 46.0 Å². The SMILES string of the molecule is O=C(NCc1ccccc1)C(Cl)[N+](=O)[O-]. The second-order valence-corrected chi connectivity index (χ2v) is 3.24. The quantitative estimate of drug-likeness (QED) is 0.364. The Hall–Kier alpha value is -1.62. The third-order valence-electron chi connectivity index (χ3n) is 1.71. The number of nitrogens with one attached hydrogen (secondary N) is 1. The highest BCUT2D eigenvalue weighted by atomic mass is 35.5. The molecule has 0 radical (unpaired) electrons. The van der Waals surface area contributed by atoms with Crippen LogP contribution in [0.3, 0.4) is 0 Å². The molecule has 0 heterocycles. The van der Waals surface area contributed by atoms with Gasteiger partial charge in [0.2, 0.25) is 0 Å². The van der Waals surface area contributed by atoms with Gasteiger partial charge >= 0.3 is 11.4 Å². The van der Waals surface area contributed by atoms with E-state index >= 15 is 0 Å². The van der Waals surface area contributed by atoms with E-state index in [1.54, 1.807) is 12.1 Å². The van der Waals surface area contributed by atoms with Crippen LogP contribution in [-0.2, 0) is 11.3 Å². The van der Waals surface area contributed by atoms with E-state index in [0.717, 1.165) is 5.56 Å². The number of benzene rings is 1. The first-order valence-corrected chi connectivity index (χ1v) is 4.64. The molecule has 0 aliphatic rings. The zero-order chi connectivity index (χ0) is 11.3. The minimum Gasteiger partial charge on any atom is -0.345 e. The molecule has 6 heteroatoms. The predicted octanol–water partition coefficient (Wildman–Crippen LogP) is 1.14. The molecule has 0 fully saturated rings. The number of nitrogens with zero attached hydrogens (tertiary/aromatic N) is 1. The predicted molar refractivity (Wildman–Crippen MR) is 54.9 cm³/mol. The van der Waals surface area contributed by atoms with Crippen LogP contribution in [0.25, 0.3) is 0 Å². The number of rotatable bonds is 4. The van der Waals surface area contributed by atoms with Crippen LogP contribution in [-0.4, -0.2) is 16.3 Å². The molecule has 80 valence electrons. The second-order valence-electron chi connectivity index (χ2n) is 2.82. The fraction of sp³-hybridized carbons (Fsp3) is 0.222. The van der Waals surface area contributed by atoms with Crippen LogP contribution in [0.1, 0.15) is 5.56 Å². The highest BCUT2D eigenvalue weighted by Crippen LogP contribution is 2.00. The lowest BCUT2D eigenvalue weighted by molar-refractivity contribution is -0.485. The maximum Gasteiger partial charge on any atom is 0.363 e. The molecule has 0 bridgehead atoms. The van der Waals surface area contributed by atoms with Crippen LogP contribution in [0.4, 0.5) is 0 Å². The average molecular weight is 229 g/mol. The summed E-state index contributed by atoms with van der Waals surface area (Å²) < 4.78 is 0. The Bertz CT molecular complexity index is 356. The summed E-state index contributed by atoms with van der Waals surface area (Å²) in [7, 11) is 0. The molecular formula is C9H9ClN2O3. The van der Waals surface area contributed by atoms with Gasteiger partial charge in [-0.3, -0.25) is 14.9 Å². The first-order valence-electron chi connectivity index (χ1n) is 4.20. The summed E-state index contributed by atoms with van der Waals surface area (Å²) in [5, 5.41) is 12.5. The van der Waals surface area contributed by atoms with E-state index in [4.69, 9.17) is 11.6 Å². The molecule has 15 heavy (non-hydrogen) atoms. The van der Waals surface area contributed by atoms with Crippen molar-refractivity contribution < 1.29 is 9.72 Å². The summed E-state index contributed by atoms with van der Waals surface area (Å²) in [5.74, 6) is -0.800. The van der Waals surface area contributed by atoms with Gasteiger partial charge in [0.05, 0.1) is 0 Å². The van der Waals surface area contributed by atoms with Gasteiger partial charge in [-0.25, -0.2) is 0 Å². The van der Waals surface area contributed by atoms with Crippen molar-refractivity contribution in [3.63, 3.8) is 0 Å². The molecule has 1 atom stereocenters. The van der Waals surface area contributed by atoms with Gasteiger partial charge in [0.25, 0.3) is 0 Å². The Morgan fingerprint density at radius 2 is 2.07 bits per heavy atom. The van der Waals surface area contributed by atoms with E-state index in [9.17, 15) is 14.9 Å². The van der Waals surface area contributed by atoms with Gasteiger partial charge in [0.1, 0.15) is 0 Å². The van der Waals surface area contributed by atoms with E-state index < -0.39 is 16.3 Å². The van der Waals surface area contributed by atoms with Crippen LogP contribution in [0.2, 0.25) is 0 Å². The van der Waals surface area contributed by atoms with E-state index in [2.05, 4.69) is 5.32 Å². The lowest BCUT2D eigenvalue weighted by Crippen LogP contribution is -2.35. The zero-order valence-corrected chi connectivity index (χ0v) is 8.48. The largest absolute Gasteiger partial charge is 0.363 e. The number of amides is 1. The van der Waals surface area contributed by atoms with Crippen molar-refractivity contribution in [1.82, 2.24) is 5.32 Å². The Labute approximate surface area is 91.2 Å². The smallest absolute Gasteiger partial charge is 0.345 e. The number of alkyl halides is 1. The first kappa shape index (κ1) is 11.5. The number of halogens is 1. The molecule has 0 saturated carbocycles. The van der Waals surface area contributed by atoms with Gasteiger partial charge in [-0.05, 0) is 17.2 Å². The molecule has 1 rings (SSSR count). The molecular weight excluding hydrogens is 220 g/mol. The maximum absolute atomic E-state index is 11.1. The highest BCUT2D eigenvalue weighted by Gasteiger charge is 2.25. The van der Waals surface area contributed by atoms with Gasteiger partial charge in [-0.2, -0.15) is 0 Å². The van der Waals surface area contributed by atoms with Crippen LogP contribution in [0.5, 0.6) is 0 Å². The maximum atomic E-state index is 11.1. The number of hydrogen-bond donors (Lipinski definition) is 1. The summed E-state index contributed by atoms with van der Waals surface area (Å²) in [6.07, 6.45) is 0. The van der Waals surface area contributed by atoms with E-state index in [0.29, 0.717) is 0 Å². The lowest BCUT2D eigenvalue weighted by Gasteiger charge is -2.04. The van der Waals surface area contributed by atoms with Gasteiger partial charge < -0.3 is 5.32 Å². The Morgan fingerprint density at radius 3 is 2.60 bits per heavy atom. The fourth-order valence-corrected chi connectivity index (χ4v) is 1.04. The zero-order valence-electron chi connectivity index (χ0n) is 7.72. The summed E-state index contributed by atoms with van der Waals surface area (Å²) >= 11 is 5.22. The molecule has 0 spiro atoms. The van der Waals surface area contributed by atoms with Crippen molar-refractivity contribution in [1.29, 1.82) is 0 Å². The van der Waals surface area contributed by atoms with Gasteiger partial charge in [-0.1, -0.05) is 30.3 Å². The van der Waals surface area contributed by atoms with Crippen LogP contribution < -0.4 is 5.32 Å². The van der Waals surface area contributed by atoms with Gasteiger partial charge in [0, 0.05) is 11.5 Å². The molecule has 0 saturated heterocycles. The molecule has 0 aliphatic carbocycles. The van der Waals surface area contributed by atoms with Gasteiger partial charge in [0.15, 0.2) is 0 Å². The molecule has 1 aromatic carbocycles. The summed E-state index contributed by atoms with van der Waals surface area (Å²) in [4.78, 5) is 20.4. The first-order chi connectivity index (χ1) is 7.11. The van der Waals surface area contributed by atoms with Crippen molar-refractivity contribution in [2.75, 3.05) is 0 Å². The van der Waals surface area contributed by atoms with E-state index in [-0.39, 0.29) is 6.54 Å². The summed E-state index contributed by atoms with van der Waals surface area (Å²) in [6.45, 7) is 0.233. The summed E-state index contributed by atoms with van der Waals surface area (Å²) in [5.41, 5.74) is -0.869. The number of carbonyl (C=O) groups is 1. The Kier molecular flexibility index (Phi) is 4.05. The average Bonchev–Trinajstić information content (AvgIpc) is 2.26. The molecule has 1 amide bonds. The minimum atomic E-state index is -1.73. The van der Waals surface area contributed by atoms with Gasteiger partial charge in [-0.15, -0.1) is 0 Å². The van der Waals surface area contributed by atoms with Crippen molar-refractivity contribution in [2.45, 2.75) is 12.0 Å². The standard InChI is InChI=1S/C9H9ClN2O3/c10-8(12(14)15)9(13)11-6-7-4-2-1-3-5-7/h1-5,8H,6H2,(H,11,13). The van der Waals surface area contributed by atoms with Crippen molar-refractivity contribution in [2.24, 2.45) is 0 Å². The molecule has 1 aromatic rings. The summed E-state index contributed by atoms with van der Waals surface area (Å²) in [6, 6.07) is 9.07. The lowest BCUT2D eigenvalue weighted by atomic mass is 10.2. The monoisotopic (exact) mass is 228 g/mol. The Balaban J connectivity index is 2.44. The van der Waals surface area contributed by atoms with E-state index in [1.165, 1.54) is 0 Å². The third-order valence-corrected chi connectivity index (χ3v) is 2.07. The van der Waals surface area contributed by atoms with E-state index in [1.807, 2.05) is 18.2 Å². The van der Waals surface area contributed by atoms with Crippen molar-refractivity contribution >= 4 is 17.5 Å². The second kappa shape index (κ2) is 5.31. The topological polar surface area (TPSA) is 72.2 Å². The van der Waals surface area contributed by atoms with Crippen molar-refractivity contribution in [3.8, 4) is 0 Å². The normalized spacial score (nSPS) is 11.8.